The SMILES string of the molecule is COc1cc(CNc2cc(C)cc(C)c2)cc([N+](=O)[O-])c1. The largest absolute Gasteiger partial charge is 0.496 e. The summed E-state index contributed by atoms with van der Waals surface area (Å²) in [6.07, 6.45) is 0. The molecule has 0 amide bonds. The smallest absolute Gasteiger partial charge is 0.273 e. The lowest BCUT2D eigenvalue weighted by molar-refractivity contribution is -0.385. The normalized spacial score (nSPS) is 10.2. The molecule has 0 saturated heterocycles. The van der Waals surface area contributed by atoms with Crippen molar-refractivity contribution in [1.29, 1.82) is 0 Å². The maximum atomic E-state index is 10.9. The second kappa shape index (κ2) is 6.26. The Labute approximate surface area is 123 Å². The van der Waals surface area contributed by atoms with Gasteiger partial charge in [0, 0.05) is 18.3 Å². The monoisotopic (exact) mass is 286 g/mol. The lowest BCUT2D eigenvalue weighted by Crippen LogP contribution is -2.01. The molecule has 110 valence electrons. The molecule has 0 aromatic heterocycles. The maximum absolute atomic E-state index is 10.9. The van der Waals surface area contributed by atoms with Gasteiger partial charge in [-0.1, -0.05) is 6.07 Å². The molecule has 0 aliphatic rings. The van der Waals surface area contributed by atoms with Crippen LogP contribution in [0, 0.1) is 24.0 Å². The highest BCUT2D eigenvalue weighted by atomic mass is 16.6. The van der Waals surface area contributed by atoms with Gasteiger partial charge in [0.05, 0.1) is 18.1 Å². The molecule has 2 rings (SSSR count). The number of aryl methyl sites for hydroxylation is 2. The second-order valence-electron chi connectivity index (χ2n) is 5.03. The van der Waals surface area contributed by atoms with Crippen LogP contribution in [-0.4, -0.2) is 12.0 Å². The van der Waals surface area contributed by atoms with Crippen LogP contribution in [0.3, 0.4) is 0 Å². The number of nitrogens with zero attached hydrogens (tertiary/aromatic N) is 1. The third-order valence-corrected chi connectivity index (χ3v) is 3.12. The second-order valence-corrected chi connectivity index (χ2v) is 5.03. The van der Waals surface area contributed by atoms with Gasteiger partial charge in [0.1, 0.15) is 5.75 Å². The number of non-ortho nitro benzene ring substituents is 1. The van der Waals surface area contributed by atoms with Crippen molar-refractivity contribution in [2.75, 3.05) is 12.4 Å². The van der Waals surface area contributed by atoms with E-state index in [2.05, 4.69) is 11.4 Å². The van der Waals surface area contributed by atoms with Gasteiger partial charge in [-0.25, -0.2) is 0 Å². The Morgan fingerprint density at radius 3 is 2.33 bits per heavy atom. The predicted octanol–water partition coefficient (Wildman–Crippen LogP) is 3.83. The Morgan fingerprint density at radius 2 is 1.76 bits per heavy atom. The third kappa shape index (κ3) is 3.95. The summed E-state index contributed by atoms with van der Waals surface area (Å²) in [6, 6.07) is 11.0. The number of nitro groups is 1. The van der Waals surface area contributed by atoms with Gasteiger partial charge in [-0.05, 0) is 48.7 Å². The van der Waals surface area contributed by atoms with Gasteiger partial charge in [-0.3, -0.25) is 10.1 Å². The van der Waals surface area contributed by atoms with Gasteiger partial charge >= 0.3 is 0 Å². The molecule has 0 unspecified atom stereocenters. The number of hydrogen-bond acceptors (Lipinski definition) is 4. The number of benzene rings is 2. The number of rotatable bonds is 5. The fourth-order valence-corrected chi connectivity index (χ4v) is 2.25. The highest BCUT2D eigenvalue weighted by Crippen LogP contribution is 2.23. The average Bonchev–Trinajstić information content (AvgIpc) is 2.43. The number of methoxy groups -OCH3 is 1. The van der Waals surface area contributed by atoms with Crippen molar-refractivity contribution in [3.8, 4) is 5.75 Å². The van der Waals surface area contributed by atoms with E-state index < -0.39 is 4.92 Å². The number of anilines is 1. The molecule has 0 atom stereocenters. The summed E-state index contributed by atoms with van der Waals surface area (Å²) in [5.74, 6) is 0.487. The van der Waals surface area contributed by atoms with Crippen molar-refractivity contribution in [1.82, 2.24) is 0 Å². The molecule has 2 aromatic rings. The molecule has 5 heteroatoms. The van der Waals surface area contributed by atoms with Crippen LogP contribution >= 0.6 is 0 Å². The van der Waals surface area contributed by atoms with E-state index >= 15 is 0 Å². The van der Waals surface area contributed by atoms with E-state index in [1.165, 1.54) is 24.3 Å². The fraction of sp³-hybridized carbons (Fsp3) is 0.250. The van der Waals surface area contributed by atoms with Gasteiger partial charge in [-0.2, -0.15) is 0 Å². The van der Waals surface area contributed by atoms with Crippen molar-refractivity contribution in [3.05, 3.63) is 63.2 Å². The molecule has 1 N–H and O–H groups in total. The number of hydrogen-bond donors (Lipinski definition) is 1. The summed E-state index contributed by atoms with van der Waals surface area (Å²) in [5, 5.41) is 14.2. The molecule has 21 heavy (non-hydrogen) atoms. The van der Waals surface area contributed by atoms with Crippen molar-refractivity contribution in [2.24, 2.45) is 0 Å². The zero-order chi connectivity index (χ0) is 15.4. The molecular formula is C16H18N2O3. The van der Waals surface area contributed by atoms with E-state index in [0.29, 0.717) is 12.3 Å². The predicted molar refractivity (Wildman–Crippen MR) is 82.9 cm³/mol. The molecule has 2 aromatic carbocycles. The number of nitrogens with one attached hydrogen (secondary N) is 1. The molecule has 0 fully saturated rings. The van der Waals surface area contributed by atoms with E-state index in [0.717, 1.165) is 11.3 Å². The van der Waals surface area contributed by atoms with Crippen molar-refractivity contribution in [2.45, 2.75) is 20.4 Å². The van der Waals surface area contributed by atoms with Crippen molar-refractivity contribution < 1.29 is 9.66 Å². The standard InChI is InChI=1S/C16H18N2O3/c1-11-4-12(2)6-14(5-11)17-10-13-7-15(18(19)20)9-16(8-13)21-3/h4-9,17H,10H2,1-3H3. The molecule has 0 aliphatic carbocycles. The van der Waals surface area contributed by atoms with E-state index in [-0.39, 0.29) is 5.69 Å². The Kier molecular flexibility index (Phi) is 4.42. The van der Waals surface area contributed by atoms with Gasteiger partial charge in [0.15, 0.2) is 0 Å². The summed E-state index contributed by atoms with van der Waals surface area (Å²) in [7, 11) is 1.50. The third-order valence-electron chi connectivity index (χ3n) is 3.12. The van der Waals surface area contributed by atoms with E-state index in [4.69, 9.17) is 4.74 Å². The van der Waals surface area contributed by atoms with Crippen LogP contribution in [0.4, 0.5) is 11.4 Å². The molecule has 0 heterocycles. The highest BCUT2D eigenvalue weighted by Gasteiger charge is 2.10. The first-order valence-corrected chi connectivity index (χ1v) is 6.62. The van der Waals surface area contributed by atoms with Crippen LogP contribution < -0.4 is 10.1 Å². The summed E-state index contributed by atoms with van der Waals surface area (Å²) < 4.78 is 5.10. The molecular weight excluding hydrogens is 268 g/mol. The zero-order valence-electron chi connectivity index (χ0n) is 12.3. The first-order chi connectivity index (χ1) is 9.97. The van der Waals surface area contributed by atoms with E-state index in [9.17, 15) is 10.1 Å². The Bertz CT molecular complexity index is 648. The van der Waals surface area contributed by atoms with Gasteiger partial charge in [-0.15, -0.1) is 0 Å². The average molecular weight is 286 g/mol. The van der Waals surface area contributed by atoms with Gasteiger partial charge in [0.25, 0.3) is 5.69 Å². The molecule has 0 aliphatic heterocycles. The Hall–Kier alpha value is -2.56. The highest BCUT2D eigenvalue weighted by molar-refractivity contribution is 5.50. The van der Waals surface area contributed by atoms with Crippen LogP contribution in [-0.2, 0) is 6.54 Å². The molecule has 0 spiro atoms. The summed E-state index contributed by atoms with van der Waals surface area (Å²) in [6.45, 7) is 4.57. The van der Waals surface area contributed by atoms with Gasteiger partial charge < -0.3 is 10.1 Å². The Morgan fingerprint density at radius 1 is 1.10 bits per heavy atom. The van der Waals surface area contributed by atoms with E-state index in [1.807, 2.05) is 26.0 Å². The number of nitro benzene ring substituents is 1. The Balaban J connectivity index is 2.19. The minimum absolute atomic E-state index is 0.0339. The number of ether oxygens (including phenoxy) is 1. The maximum Gasteiger partial charge on any atom is 0.273 e. The zero-order valence-corrected chi connectivity index (χ0v) is 12.3. The minimum atomic E-state index is -0.414. The molecule has 5 nitrogen and oxygen atoms in total. The summed E-state index contributed by atoms with van der Waals surface area (Å²) >= 11 is 0. The van der Waals surface area contributed by atoms with Gasteiger partial charge in [0.2, 0.25) is 0 Å². The molecule has 0 bridgehead atoms. The summed E-state index contributed by atoms with van der Waals surface area (Å²) in [4.78, 5) is 10.5. The van der Waals surface area contributed by atoms with Crippen LogP contribution in [0.5, 0.6) is 5.75 Å². The summed E-state index contributed by atoms with van der Waals surface area (Å²) in [5.41, 5.74) is 4.19. The van der Waals surface area contributed by atoms with Crippen LogP contribution in [0.25, 0.3) is 0 Å². The van der Waals surface area contributed by atoms with Crippen molar-refractivity contribution in [3.63, 3.8) is 0 Å². The first-order valence-electron chi connectivity index (χ1n) is 6.62. The van der Waals surface area contributed by atoms with E-state index in [1.54, 1.807) is 12.1 Å². The van der Waals surface area contributed by atoms with Crippen molar-refractivity contribution >= 4 is 11.4 Å². The quantitative estimate of drug-likeness (QED) is 0.670. The topological polar surface area (TPSA) is 64.4 Å². The van der Waals surface area contributed by atoms with Crippen LogP contribution in [0.2, 0.25) is 0 Å². The minimum Gasteiger partial charge on any atom is -0.496 e. The van der Waals surface area contributed by atoms with Crippen LogP contribution in [0.15, 0.2) is 36.4 Å². The lowest BCUT2D eigenvalue weighted by atomic mass is 10.1. The lowest BCUT2D eigenvalue weighted by Gasteiger charge is -2.10. The molecule has 0 radical (unpaired) electrons. The van der Waals surface area contributed by atoms with Crippen LogP contribution in [0.1, 0.15) is 16.7 Å². The first kappa shape index (κ1) is 14.8. The fourth-order valence-electron chi connectivity index (χ4n) is 2.25. The molecule has 0 saturated carbocycles.